The first kappa shape index (κ1) is 42.6. The number of hydrogen-bond acceptors (Lipinski definition) is 1. The molecule has 0 spiro atoms. The van der Waals surface area contributed by atoms with Gasteiger partial charge in [-0.3, -0.25) is 0 Å². The molecule has 1 heteroatoms. The van der Waals surface area contributed by atoms with Gasteiger partial charge in [0.05, 0.1) is 11.4 Å². The van der Waals surface area contributed by atoms with Crippen molar-refractivity contribution in [1.29, 1.82) is 0 Å². The van der Waals surface area contributed by atoms with Crippen molar-refractivity contribution >= 4 is 33.9 Å². The second-order valence-corrected chi connectivity index (χ2v) is 14.0. The molecule has 0 fully saturated rings. The van der Waals surface area contributed by atoms with Crippen molar-refractivity contribution in [3.63, 3.8) is 0 Å². The lowest BCUT2D eigenvalue weighted by Crippen LogP contribution is -2.20. The smallest absolute Gasteiger partial charge is 0.0540 e. The van der Waals surface area contributed by atoms with E-state index in [9.17, 15) is 0 Å². The Hall–Kier alpha value is -6.10. The molecule has 0 saturated carbocycles. The molecule has 0 heterocycles. The number of anilines is 3. The fourth-order valence-electron chi connectivity index (χ4n) is 7.20. The predicted molar refractivity (Wildman–Crippen MR) is 250 cm³/mol. The van der Waals surface area contributed by atoms with Gasteiger partial charge in [-0.1, -0.05) is 192 Å². The highest BCUT2D eigenvalue weighted by Gasteiger charge is 2.26. The van der Waals surface area contributed by atoms with Gasteiger partial charge in [0, 0.05) is 11.1 Å². The highest BCUT2D eigenvalue weighted by molar-refractivity contribution is 5.99. The molecule has 0 unspecified atom stereocenters. The van der Waals surface area contributed by atoms with Crippen molar-refractivity contribution in [1.82, 2.24) is 0 Å². The van der Waals surface area contributed by atoms with E-state index in [1.807, 2.05) is 26.0 Å². The van der Waals surface area contributed by atoms with Crippen LogP contribution in [0.2, 0.25) is 0 Å². The van der Waals surface area contributed by atoms with Gasteiger partial charge in [-0.2, -0.15) is 0 Å². The molecule has 56 heavy (non-hydrogen) atoms. The lowest BCUT2D eigenvalue weighted by Gasteiger charge is -2.32. The van der Waals surface area contributed by atoms with Crippen LogP contribution in [0.5, 0.6) is 0 Å². The van der Waals surface area contributed by atoms with E-state index in [0.717, 1.165) is 32.1 Å². The van der Waals surface area contributed by atoms with Crippen LogP contribution in [-0.2, 0) is 11.8 Å². The number of fused-ring (bicyclic) bond motifs is 2. The quantitative estimate of drug-likeness (QED) is 0.0843. The average molecular weight is 734 g/mol. The van der Waals surface area contributed by atoms with Crippen LogP contribution in [0.25, 0.3) is 16.8 Å². The number of para-hydroxylation sites is 1. The van der Waals surface area contributed by atoms with E-state index in [1.165, 1.54) is 61.2 Å². The fraction of sp³-hybridized carbons (Fsp3) is 0.200. The van der Waals surface area contributed by atoms with Crippen molar-refractivity contribution in [2.24, 2.45) is 0 Å². The Morgan fingerprint density at radius 2 is 1.54 bits per heavy atom. The van der Waals surface area contributed by atoms with Gasteiger partial charge in [-0.25, -0.2) is 0 Å². The molecule has 0 N–H and O–H groups in total. The fourth-order valence-corrected chi connectivity index (χ4v) is 7.20. The van der Waals surface area contributed by atoms with E-state index in [1.54, 1.807) is 6.08 Å². The first-order valence-electron chi connectivity index (χ1n) is 20.0. The largest absolute Gasteiger partial charge is 0.309 e. The highest BCUT2D eigenvalue weighted by Crippen LogP contribution is 2.44. The number of nitrogens with zero attached hydrogens (tertiary/aromatic N) is 1. The van der Waals surface area contributed by atoms with Gasteiger partial charge in [0.15, 0.2) is 0 Å². The van der Waals surface area contributed by atoms with Crippen LogP contribution >= 0.6 is 0 Å². The molecule has 0 radical (unpaired) electrons. The van der Waals surface area contributed by atoms with Crippen molar-refractivity contribution in [3.05, 3.63) is 216 Å². The number of unbranched alkanes of at least 4 members (excludes halogenated alkanes) is 1. The number of benzene rings is 4. The third-order valence-corrected chi connectivity index (χ3v) is 9.90. The standard InChI is InChI=1S/C51H51N.C2H6.C2H2/c1-5-7-8-9-10-11-12-14-27-44-28-18-20-33-49(44)52(50-34-22-30-41-26-17-19-32-47(41)50)45-36-35-43-31-21-29-42(37-38-51(3,4)48(43)39-45)46(23-6-2)40-24-15-13-16-25-40;2*1-2/h5-10,13-24,26-30,32-37,39H,1,11-12,25,31,38H2,2-4H3;1-2H3;1-2H/b8-7-,10-9-,23-6-,27-14-,29-21-,42-37+,46-40+;;. The zero-order valence-corrected chi connectivity index (χ0v) is 34.2. The molecular formula is C55H59N. The maximum Gasteiger partial charge on any atom is 0.0540 e. The third-order valence-electron chi connectivity index (χ3n) is 9.90. The number of terminal acetylenes is 1. The minimum atomic E-state index is -0.0884. The van der Waals surface area contributed by atoms with Crippen molar-refractivity contribution in [2.45, 2.75) is 72.1 Å². The summed E-state index contributed by atoms with van der Waals surface area (Å²) in [5.41, 5.74) is 11.4. The second kappa shape index (κ2) is 22.3. The van der Waals surface area contributed by atoms with Gasteiger partial charge in [-0.05, 0) is 108 Å². The van der Waals surface area contributed by atoms with Crippen LogP contribution in [0.4, 0.5) is 17.1 Å². The van der Waals surface area contributed by atoms with Crippen LogP contribution < -0.4 is 4.90 Å². The number of hydrogen-bond donors (Lipinski definition) is 0. The lowest BCUT2D eigenvalue weighted by molar-refractivity contribution is 0.529. The minimum absolute atomic E-state index is 0.0884. The van der Waals surface area contributed by atoms with Crippen LogP contribution in [0.15, 0.2) is 199 Å². The molecule has 4 aromatic carbocycles. The molecule has 0 saturated heterocycles. The lowest BCUT2D eigenvalue weighted by atomic mass is 9.78. The summed E-state index contributed by atoms with van der Waals surface area (Å²) in [5.74, 6) is 0. The number of allylic oxidation sites excluding steroid dienone is 18. The highest BCUT2D eigenvalue weighted by atomic mass is 15.1. The van der Waals surface area contributed by atoms with Crippen LogP contribution in [0.1, 0.15) is 77.0 Å². The van der Waals surface area contributed by atoms with E-state index in [-0.39, 0.29) is 5.41 Å². The second-order valence-electron chi connectivity index (χ2n) is 14.0. The van der Waals surface area contributed by atoms with Gasteiger partial charge >= 0.3 is 0 Å². The van der Waals surface area contributed by atoms with Crippen molar-refractivity contribution in [3.8, 4) is 12.8 Å². The Balaban J connectivity index is 0.00000169. The molecule has 284 valence electrons. The van der Waals surface area contributed by atoms with Gasteiger partial charge < -0.3 is 4.90 Å². The third kappa shape index (κ3) is 11.0. The molecule has 1 nitrogen and oxygen atoms in total. The minimum Gasteiger partial charge on any atom is -0.309 e. The molecule has 0 aromatic heterocycles. The van der Waals surface area contributed by atoms with Crippen molar-refractivity contribution < 1.29 is 0 Å². The summed E-state index contributed by atoms with van der Waals surface area (Å²) in [7, 11) is 0. The molecule has 4 aromatic rings. The Kier molecular flexibility index (Phi) is 17.0. The summed E-state index contributed by atoms with van der Waals surface area (Å²) in [6.07, 6.45) is 47.8. The summed E-state index contributed by atoms with van der Waals surface area (Å²) in [4.78, 5) is 2.47. The predicted octanol–water partition coefficient (Wildman–Crippen LogP) is 15.8. The van der Waals surface area contributed by atoms with E-state index in [4.69, 9.17) is 0 Å². The normalized spacial score (nSPS) is 17.2. The summed E-state index contributed by atoms with van der Waals surface area (Å²) < 4.78 is 0. The molecular weight excluding hydrogens is 675 g/mol. The zero-order valence-electron chi connectivity index (χ0n) is 34.2. The maximum atomic E-state index is 4.00. The summed E-state index contributed by atoms with van der Waals surface area (Å²) >= 11 is 0. The monoisotopic (exact) mass is 733 g/mol. The van der Waals surface area contributed by atoms with E-state index in [2.05, 4.69) is 209 Å². The molecule has 6 rings (SSSR count). The van der Waals surface area contributed by atoms with Crippen molar-refractivity contribution in [2.75, 3.05) is 4.90 Å². The van der Waals surface area contributed by atoms with Crippen LogP contribution in [0.3, 0.4) is 0 Å². The Morgan fingerprint density at radius 3 is 2.32 bits per heavy atom. The average Bonchev–Trinajstić information content (AvgIpc) is 3.30. The zero-order chi connectivity index (χ0) is 40.2. The Morgan fingerprint density at radius 1 is 0.786 bits per heavy atom. The van der Waals surface area contributed by atoms with E-state index >= 15 is 0 Å². The Labute approximate surface area is 338 Å². The van der Waals surface area contributed by atoms with Gasteiger partial charge in [0.2, 0.25) is 0 Å². The molecule has 2 aliphatic rings. The summed E-state index contributed by atoms with van der Waals surface area (Å²) in [6.45, 7) is 14.7. The van der Waals surface area contributed by atoms with E-state index in [0.29, 0.717) is 0 Å². The summed E-state index contributed by atoms with van der Waals surface area (Å²) in [6, 6.07) is 31.3. The van der Waals surface area contributed by atoms with Gasteiger partial charge in [0.1, 0.15) is 0 Å². The van der Waals surface area contributed by atoms with E-state index < -0.39 is 0 Å². The summed E-state index contributed by atoms with van der Waals surface area (Å²) in [5, 5.41) is 2.46. The molecule has 0 bridgehead atoms. The van der Waals surface area contributed by atoms with Crippen LogP contribution in [-0.4, -0.2) is 0 Å². The topological polar surface area (TPSA) is 3.24 Å². The number of rotatable bonds is 11. The first-order valence-corrected chi connectivity index (χ1v) is 20.0. The van der Waals surface area contributed by atoms with Crippen LogP contribution in [0, 0.1) is 12.8 Å². The molecule has 0 aliphatic heterocycles. The van der Waals surface area contributed by atoms with Gasteiger partial charge in [0.25, 0.3) is 0 Å². The molecule has 2 aliphatic carbocycles. The first-order chi connectivity index (χ1) is 27.5. The van der Waals surface area contributed by atoms with Gasteiger partial charge in [-0.15, -0.1) is 12.8 Å². The SMILES string of the molecule is C#C.C=C/C=C\C=C/CC/C=C\c1ccccc1N(c1ccc2c(c1)C(C)(C)C/C=C(C(/C=C\C)=C1\C=CC=CC1)\C=C/C2)c1cccc2ccccc12.CC. The molecule has 0 amide bonds. The Bertz CT molecular complexity index is 2210. The molecule has 0 atom stereocenters. The maximum absolute atomic E-state index is 4.00.